The zero-order valence-corrected chi connectivity index (χ0v) is 12.9. The molecule has 3 rings (SSSR count). The van der Waals surface area contributed by atoms with Crippen LogP contribution in [-0.2, 0) is 7.05 Å². The molecule has 7 nitrogen and oxygen atoms in total. The second-order valence-corrected chi connectivity index (χ2v) is 6.20. The number of nitrogens with zero attached hydrogens (tertiary/aromatic N) is 3. The Labute approximate surface area is 128 Å². The molecular weight excluding hydrogens is 284 g/mol. The molecule has 0 aliphatic carbocycles. The van der Waals surface area contributed by atoms with Crippen molar-refractivity contribution in [3.8, 4) is 0 Å². The highest BCUT2D eigenvalue weighted by atomic mass is 16.2. The van der Waals surface area contributed by atoms with Gasteiger partial charge in [0.05, 0.1) is 0 Å². The molecule has 1 amide bonds. The van der Waals surface area contributed by atoms with Crippen molar-refractivity contribution in [3.63, 3.8) is 0 Å². The van der Waals surface area contributed by atoms with Crippen LogP contribution >= 0.6 is 0 Å². The average molecular weight is 306 g/mol. The van der Waals surface area contributed by atoms with E-state index < -0.39 is 11.2 Å². The standard InChI is InChI=1S/C15H22N4O3/c1-17-10-12(13(20)16-15(17)22)14(21)19-8-5-11(9-19)18-6-3-2-4-7-18/h10-11H,2-9H2,1H3,(H,16,20,22). The fourth-order valence-corrected chi connectivity index (χ4v) is 3.39. The maximum Gasteiger partial charge on any atom is 0.328 e. The van der Waals surface area contributed by atoms with Crippen molar-refractivity contribution in [1.29, 1.82) is 0 Å². The van der Waals surface area contributed by atoms with E-state index in [1.165, 1.54) is 37.1 Å². The number of H-pyrrole nitrogens is 1. The van der Waals surface area contributed by atoms with Crippen LogP contribution in [0.15, 0.2) is 15.8 Å². The van der Waals surface area contributed by atoms with E-state index in [4.69, 9.17) is 0 Å². The smallest absolute Gasteiger partial charge is 0.328 e. The van der Waals surface area contributed by atoms with Crippen LogP contribution < -0.4 is 11.2 Å². The Morgan fingerprint density at radius 1 is 1.18 bits per heavy atom. The minimum absolute atomic E-state index is 0.0430. The number of aromatic nitrogens is 2. The summed E-state index contributed by atoms with van der Waals surface area (Å²) in [6, 6.07) is 0.399. The topological polar surface area (TPSA) is 78.4 Å². The Balaban J connectivity index is 1.72. The molecule has 2 fully saturated rings. The number of likely N-dealkylation sites (tertiary alicyclic amines) is 2. The first-order valence-corrected chi connectivity index (χ1v) is 7.89. The predicted molar refractivity (Wildman–Crippen MR) is 82.0 cm³/mol. The highest BCUT2D eigenvalue weighted by Crippen LogP contribution is 2.20. The maximum atomic E-state index is 12.5. The molecule has 2 saturated heterocycles. The number of amides is 1. The summed E-state index contributed by atoms with van der Waals surface area (Å²) in [5.74, 6) is -0.281. The molecule has 1 atom stereocenters. The van der Waals surface area contributed by atoms with Crippen LogP contribution in [0.25, 0.3) is 0 Å². The van der Waals surface area contributed by atoms with Gasteiger partial charge >= 0.3 is 5.69 Å². The Bertz CT molecular complexity index is 672. The van der Waals surface area contributed by atoms with Gasteiger partial charge in [-0.2, -0.15) is 0 Å². The summed E-state index contributed by atoms with van der Waals surface area (Å²) < 4.78 is 1.23. The lowest BCUT2D eigenvalue weighted by atomic mass is 10.1. The first-order valence-electron chi connectivity index (χ1n) is 7.89. The number of rotatable bonds is 2. The first kappa shape index (κ1) is 15.0. The molecule has 3 heterocycles. The molecule has 0 radical (unpaired) electrons. The van der Waals surface area contributed by atoms with E-state index in [1.807, 2.05) is 0 Å². The number of aromatic amines is 1. The molecule has 120 valence electrons. The minimum atomic E-state index is -0.602. The molecule has 0 saturated carbocycles. The van der Waals surface area contributed by atoms with Gasteiger partial charge in [-0.25, -0.2) is 4.79 Å². The summed E-state index contributed by atoms with van der Waals surface area (Å²) in [5.41, 5.74) is -1.06. The molecule has 7 heteroatoms. The van der Waals surface area contributed by atoms with E-state index in [9.17, 15) is 14.4 Å². The Kier molecular flexibility index (Phi) is 4.15. The fraction of sp³-hybridized carbons (Fsp3) is 0.667. The van der Waals surface area contributed by atoms with Crippen molar-refractivity contribution in [3.05, 3.63) is 32.6 Å². The second-order valence-electron chi connectivity index (χ2n) is 6.20. The van der Waals surface area contributed by atoms with Gasteiger partial charge in [0.1, 0.15) is 5.56 Å². The number of piperidine rings is 1. The van der Waals surface area contributed by atoms with E-state index in [0.717, 1.165) is 19.5 Å². The quantitative estimate of drug-likeness (QED) is 0.819. The van der Waals surface area contributed by atoms with Gasteiger partial charge in [0, 0.05) is 32.4 Å². The molecule has 2 aliphatic rings. The number of aryl methyl sites for hydroxylation is 1. The lowest BCUT2D eigenvalue weighted by Crippen LogP contribution is -2.42. The third-order valence-corrected chi connectivity index (χ3v) is 4.70. The SMILES string of the molecule is Cn1cc(C(=O)N2CCC(N3CCCCC3)C2)c(=O)[nH]c1=O. The molecule has 0 aromatic carbocycles. The zero-order valence-electron chi connectivity index (χ0n) is 12.9. The van der Waals surface area contributed by atoms with Crippen molar-refractivity contribution >= 4 is 5.91 Å². The summed E-state index contributed by atoms with van der Waals surface area (Å²) >= 11 is 0. The van der Waals surface area contributed by atoms with Crippen molar-refractivity contribution in [1.82, 2.24) is 19.4 Å². The van der Waals surface area contributed by atoms with Crippen LogP contribution in [0.5, 0.6) is 0 Å². The van der Waals surface area contributed by atoms with Gasteiger partial charge < -0.3 is 9.47 Å². The summed E-state index contributed by atoms with van der Waals surface area (Å²) in [6.07, 6.45) is 6.03. The minimum Gasteiger partial charge on any atom is -0.337 e. The van der Waals surface area contributed by atoms with Crippen LogP contribution in [0.4, 0.5) is 0 Å². The lowest BCUT2D eigenvalue weighted by molar-refractivity contribution is 0.0768. The highest BCUT2D eigenvalue weighted by Gasteiger charge is 2.32. The molecular formula is C15H22N4O3. The van der Waals surface area contributed by atoms with Gasteiger partial charge in [-0.1, -0.05) is 6.42 Å². The molecule has 0 spiro atoms. The fourth-order valence-electron chi connectivity index (χ4n) is 3.39. The summed E-state index contributed by atoms with van der Waals surface area (Å²) in [5, 5.41) is 0. The van der Waals surface area contributed by atoms with Crippen LogP contribution in [0, 0.1) is 0 Å². The van der Waals surface area contributed by atoms with Gasteiger partial charge in [0.15, 0.2) is 0 Å². The molecule has 2 aliphatic heterocycles. The van der Waals surface area contributed by atoms with E-state index in [0.29, 0.717) is 19.1 Å². The van der Waals surface area contributed by atoms with Crippen molar-refractivity contribution in [2.75, 3.05) is 26.2 Å². The Morgan fingerprint density at radius 2 is 1.91 bits per heavy atom. The van der Waals surface area contributed by atoms with Gasteiger partial charge in [-0.15, -0.1) is 0 Å². The number of hydrogen-bond donors (Lipinski definition) is 1. The molecule has 1 N–H and O–H groups in total. The van der Waals surface area contributed by atoms with Gasteiger partial charge in [0.2, 0.25) is 0 Å². The third-order valence-electron chi connectivity index (χ3n) is 4.70. The maximum absolute atomic E-state index is 12.5. The normalized spacial score (nSPS) is 23.0. The number of hydrogen-bond acceptors (Lipinski definition) is 4. The van der Waals surface area contributed by atoms with Gasteiger partial charge in [-0.05, 0) is 32.4 Å². The van der Waals surface area contributed by atoms with Gasteiger partial charge in [-0.3, -0.25) is 19.5 Å². The Hall–Kier alpha value is -1.89. The molecule has 0 bridgehead atoms. The molecule has 1 unspecified atom stereocenters. The van der Waals surface area contributed by atoms with Crippen LogP contribution in [-0.4, -0.2) is 57.5 Å². The zero-order chi connectivity index (χ0) is 15.7. The molecule has 1 aromatic heterocycles. The summed E-state index contributed by atoms with van der Waals surface area (Å²) in [7, 11) is 1.52. The Morgan fingerprint density at radius 3 is 2.64 bits per heavy atom. The van der Waals surface area contributed by atoms with Crippen LogP contribution in [0.1, 0.15) is 36.0 Å². The average Bonchev–Trinajstić information content (AvgIpc) is 3.01. The number of nitrogens with one attached hydrogen (secondary N) is 1. The lowest BCUT2D eigenvalue weighted by Gasteiger charge is -2.32. The van der Waals surface area contributed by atoms with E-state index in [-0.39, 0.29) is 11.5 Å². The van der Waals surface area contributed by atoms with Crippen molar-refractivity contribution in [2.24, 2.45) is 7.05 Å². The van der Waals surface area contributed by atoms with E-state index >= 15 is 0 Å². The van der Waals surface area contributed by atoms with Crippen LogP contribution in [0.2, 0.25) is 0 Å². The predicted octanol–water partition coefficient (Wildman–Crippen LogP) is -0.226. The highest BCUT2D eigenvalue weighted by molar-refractivity contribution is 5.93. The van der Waals surface area contributed by atoms with Crippen LogP contribution in [0.3, 0.4) is 0 Å². The summed E-state index contributed by atoms with van der Waals surface area (Å²) in [6.45, 7) is 3.55. The second kappa shape index (κ2) is 6.08. The number of carbonyl (C=O) groups excluding carboxylic acids is 1. The largest absolute Gasteiger partial charge is 0.337 e. The summed E-state index contributed by atoms with van der Waals surface area (Å²) in [4.78, 5) is 42.1. The first-order chi connectivity index (χ1) is 10.6. The monoisotopic (exact) mass is 306 g/mol. The van der Waals surface area contributed by atoms with Crippen molar-refractivity contribution < 1.29 is 4.79 Å². The van der Waals surface area contributed by atoms with Crippen molar-refractivity contribution in [2.45, 2.75) is 31.7 Å². The van der Waals surface area contributed by atoms with E-state index in [1.54, 1.807) is 4.90 Å². The van der Waals surface area contributed by atoms with Gasteiger partial charge in [0.25, 0.3) is 11.5 Å². The number of carbonyl (C=O) groups is 1. The molecule has 22 heavy (non-hydrogen) atoms. The third kappa shape index (κ3) is 2.85. The molecule has 1 aromatic rings. The van der Waals surface area contributed by atoms with E-state index in [2.05, 4.69) is 9.88 Å².